The van der Waals surface area contributed by atoms with Crippen molar-refractivity contribution >= 4 is 12.3 Å². The van der Waals surface area contributed by atoms with Gasteiger partial charge in [-0.15, -0.1) is 4.33 Å². The number of hydrogen-bond donors (Lipinski definition) is 3. The molecular formula is C18H31O13S-. The van der Waals surface area contributed by atoms with Crippen LogP contribution in [0.1, 0.15) is 0 Å². The molecular weight excluding hydrogens is 456 g/mol. The lowest BCUT2D eigenvalue weighted by molar-refractivity contribution is -0.777. The fourth-order valence-electron chi connectivity index (χ4n) is 4.50. The first-order valence-electron chi connectivity index (χ1n) is 10.3. The highest BCUT2D eigenvalue weighted by molar-refractivity contribution is 7.89. The Morgan fingerprint density at radius 3 is 2.38 bits per heavy atom. The third kappa shape index (κ3) is 6.09. The van der Waals surface area contributed by atoms with Crippen LogP contribution in [-0.4, -0.2) is 118 Å². The number of hydrogen-bond acceptors (Lipinski definition) is 14. The second-order valence-electron chi connectivity index (χ2n) is 7.93. The van der Waals surface area contributed by atoms with E-state index in [1.165, 1.54) is 7.11 Å². The molecule has 32 heavy (non-hydrogen) atoms. The van der Waals surface area contributed by atoms with Crippen LogP contribution in [-0.2, 0) is 42.0 Å². The smallest absolute Gasteiger partial charge is 0.193 e. The van der Waals surface area contributed by atoms with Crippen LogP contribution in [0, 0.1) is 11.8 Å². The Morgan fingerprint density at radius 1 is 0.938 bits per heavy atom. The summed E-state index contributed by atoms with van der Waals surface area (Å²) in [4.78, 5) is 0. The molecule has 0 aromatic rings. The molecule has 3 N–H and O–H groups in total. The molecule has 0 aromatic carbocycles. The Morgan fingerprint density at radius 2 is 1.69 bits per heavy atom. The van der Waals surface area contributed by atoms with Crippen molar-refractivity contribution in [2.45, 2.75) is 48.8 Å². The van der Waals surface area contributed by atoms with Crippen LogP contribution in [0.2, 0.25) is 0 Å². The second kappa shape index (κ2) is 13.1. The molecule has 0 radical (unpaired) electrons. The lowest BCUT2D eigenvalue weighted by atomic mass is 9.86. The standard InChI is InChI=1S/C18H32O13S/c1-23-4-10-15(20)14(27-11(3-19)17(10)29-32-31-30-22)7-25-5-9-12-8-26-18(9)16(21)13(28-12)6-24-2/h9-22H,3-8H2,1-2H3/p-1/t9-,10-,11?,12?,13+,14-,15?,16?,17-,18+/m0/s1. The Hall–Kier alpha value is -0.170. The van der Waals surface area contributed by atoms with E-state index in [0.717, 1.165) is 0 Å². The van der Waals surface area contributed by atoms with Crippen molar-refractivity contribution < 1.29 is 62.6 Å². The summed E-state index contributed by atoms with van der Waals surface area (Å²) in [5.41, 5.74) is 0. The minimum atomic E-state index is -1.05. The van der Waals surface area contributed by atoms with Crippen molar-refractivity contribution in [2.24, 2.45) is 11.8 Å². The maximum Gasteiger partial charge on any atom is 0.193 e. The van der Waals surface area contributed by atoms with E-state index in [4.69, 9.17) is 32.6 Å². The molecule has 14 heteroatoms. The van der Waals surface area contributed by atoms with Crippen molar-refractivity contribution in [3.05, 3.63) is 0 Å². The van der Waals surface area contributed by atoms with Gasteiger partial charge in [-0.05, 0) is 0 Å². The van der Waals surface area contributed by atoms with Crippen LogP contribution in [0.5, 0.6) is 0 Å². The number of fused-ring (bicyclic) bond motifs is 2. The van der Waals surface area contributed by atoms with Crippen LogP contribution < -0.4 is 5.26 Å². The third-order valence-corrected chi connectivity index (χ3v) is 6.46. The van der Waals surface area contributed by atoms with E-state index >= 15 is 0 Å². The quantitative estimate of drug-likeness (QED) is 0.107. The van der Waals surface area contributed by atoms with E-state index < -0.39 is 55.3 Å². The van der Waals surface area contributed by atoms with Gasteiger partial charge in [0.25, 0.3) is 0 Å². The summed E-state index contributed by atoms with van der Waals surface area (Å²) >= 11 is 0.275. The molecule has 0 amide bonds. The molecule has 3 rings (SSSR count). The minimum Gasteiger partial charge on any atom is -0.691 e. The van der Waals surface area contributed by atoms with E-state index in [1.807, 2.05) is 0 Å². The van der Waals surface area contributed by atoms with Gasteiger partial charge in [0.2, 0.25) is 0 Å². The van der Waals surface area contributed by atoms with Crippen molar-refractivity contribution in [2.75, 3.05) is 53.9 Å². The van der Waals surface area contributed by atoms with Gasteiger partial charge < -0.3 is 49.0 Å². The highest BCUT2D eigenvalue weighted by Crippen LogP contribution is 2.36. The first kappa shape index (κ1) is 26.4. The van der Waals surface area contributed by atoms with Gasteiger partial charge in [-0.2, -0.15) is 0 Å². The zero-order valence-corrected chi connectivity index (χ0v) is 18.7. The van der Waals surface area contributed by atoms with Gasteiger partial charge >= 0.3 is 0 Å². The largest absolute Gasteiger partial charge is 0.691 e. The highest BCUT2D eigenvalue weighted by Gasteiger charge is 2.51. The number of methoxy groups -OCH3 is 2. The Balaban J connectivity index is 1.54. The lowest BCUT2D eigenvalue weighted by Crippen LogP contribution is -2.58. The highest BCUT2D eigenvalue weighted by atomic mass is 32.2. The molecule has 188 valence electrons. The fraction of sp³-hybridized carbons (Fsp3) is 1.00. The zero-order chi connectivity index (χ0) is 23.1. The number of aliphatic hydroxyl groups is 3. The number of ether oxygens (including phenoxy) is 6. The summed E-state index contributed by atoms with van der Waals surface area (Å²) in [6.45, 7) is 0.557. The van der Waals surface area contributed by atoms with Crippen molar-refractivity contribution in [1.29, 1.82) is 0 Å². The first-order chi connectivity index (χ1) is 15.5. The monoisotopic (exact) mass is 487 g/mol. The Labute approximate surface area is 190 Å². The number of rotatable bonds is 13. The molecule has 0 spiro atoms. The summed E-state index contributed by atoms with van der Waals surface area (Å²) in [5, 5.41) is 44.2. The second-order valence-corrected chi connectivity index (χ2v) is 8.39. The van der Waals surface area contributed by atoms with E-state index in [1.54, 1.807) is 7.11 Å². The van der Waals surface area contributed by atoms with Gasteiger partial charge in [-0.1, -0.05) is 0 Å². The maximum atomic E-state index is 10.8. The molecule has 3 saturated heterocycles. The van der Waals surface area contributed by atoms with Crippen LogP contribution in [0.3, 0.4) is 0 Å². The fourth-order valence-corrected chi connectivity index (χ4v) is 4.91. The third-order valence-electron chi connectivity index (χ3n) is 6.05. The van der Waals surface area contributed by atoms with Gasteiger partial charge in [0.15, 0.2) is 12.3 Å². The average Bonchev–Trinajstić information content (AvgIpc) is 3.10. The lowest BCUT2D eigenvalue weighted by Gasteiger charge is -2.43. The predicted molar refractivity (Wildman–Crippen MR) is 102 cm³/mol. The topological polar surface area (TPSA) is 167 Å². The van der Waals surface area contributed by atoms with Crippen LogP contribution in [0.15, 0.2) is 0 Å². The summed E-state index contributed by atoms with van der Waals surface area (Å²) in [6, 6.07) is 0. The van der Waals surface area contributed by atoms with E-state index in [2.05, 4.69) is 9.37 Å². The summed E-state index contributed by atoms with van der Waals surface area (Å²) in [6.07, 6.45) is -5.45. The SMILES string of the molecule is COC[C@H]1OC2CO[C@@H](C1O)[C@H]2COC[C@@H]1OC(CO)[C@@H](OSOO[O-])[C@@H](COC)C1O. The molecule has 0 aliphatic carbocycles. The minimum absolute atomic E-state index is 0.0193. The van der Waals surface area contributed by atoms with Gasteiger partial charge in [-0.3, -0.25) is 9.22 Å². The molecule has 3 fully saturated rings. The molecule has 3 aliphatic heterocycles. The van der Waals surface area contributed by atoms with E-state index in [0.29, 0.717) is 6.61 Å². The number of aliphatic hydroxyl groups excluding tert-OH is 3. The van der Waals surface area contributed by atoms with E-state index in [9.17, 15) is 20.6 Å². The normalized spacial score (nSPS) is 41.8. The van der Waals surface area contributed by atoms with Crippen LogP contribution in [0.25, 0.3) is 0 Å². The van der Waals surface area contributed by atoms with Crippen molar-refractivity contribution in [1.82, 2.24) is 0 Å². The Bertz CT molecular complexity index is 545. The maximum absolute atomic E-state index is 10.8. The summed E-state index contributed by atoms with van der Waals surface area (Å²) in [7, 11) is 3.00. The molecule has 13 nitrogen and oxygen atoms in total. The predicted octanol–water partition coefficient (Wildman–Crippen LogP) is -2.65. The molecule has 4 unspecified atom stereocenters. The molecule has 10 atom stereocenters. The van der Waals surface area contributed by atoms with Crippen molar-refractivity contribution in [3.63, 3.8) is 0 Å². The molecule has 3 aliphatic rings. The van der Waals surface area contributed by atoms with Crippen molar-refractivity contribution in [3.8, 4) is 0 Å². The zero-order valence-electron chi connectivity index (χ0n) is 17.8. The Kier molecular flexibility index (Phi) is 10.8. The van der Waals surface area contributed by atoms with E-state index in [-0.39, 0.29) is 50.8 Å². The summed E-state index contributed by atoms with van der Waals surface area (Å²) < 4.78 is 42.8. The van der Waals surface area contributed by atoms with Crippen LogP contribution >= 0.6 is 12.3 Å². The first-order valence-corrected chi connectivity index (χ1v) is 11.0. The van der Waals surface area contributed by atoms with Gasteiger partial charge in [0.1, 0.15) is 30.5 Å². The van der Waals surface area contributed by atoms with Gasteiger partial charge in [0, 0.05) is 26.1 Å². The molecule has 0 saturated carbocycles. The van der Waals surface area contributed by atoms with Crippen LogP contribution in [0.4, 0.5) is 0 Å². The molecule has 3 heterocycles. The average molecular weight is 488 g/mol. The molecule has 0 aromatic heterocycles. The summed E-state index contributed by atoms with van der Waals surface area (Å²) in [5.74, 6) is -0.782. The molecule has 2 bridgehead atoms. The van der Waals surface area contributed by atoms with Gasteiger partial charge in [0.05, 0.1) is 58.0 Å². The van der Waals surface area contributed by atoms with Gasteiger partial charge in [-0.25, -0.2) is 0 Å².